The molecule has 0 aromatic carbocycles. The quantitative estimate of drug-likeness (QED) is 0.770. The van der Waals surface area contributed by atoms with Crippen LogP contribution >= 0.6 is 0 Å². The van der Waals surface area contributed by atoms with Gasteiger partial charge in [0.25, 0.3) is 0 Å². The summed E-state index contributed by atoms with van der Waals surface area (Å²) < 4.78 is 4.98. The van der Waals surface area contributed by atoms with Crippen LogP contribution in [0.25, 0.3) is 0 Å². The summed E-state index contributed by atoms with van der Waals surface area (Å²) in [5.74, 6) is -1.38. The molecule has 7 heteroatoms. The summed E-state index contributed by atoms with van der Waals surface area (Å²) in [5.41, 5.74) is 0. The van der Waals surface area contributed by atoms with E-state index in [1.165, 1.54) is 9.80 Å². The fourth-order valence-corrected chi connectivity index (χ4v) is 2.90. The maximum Gasteiger partial charge on any atom is 0.328 e. The van der Waals surface area contributed by atoms with Gasteiger partial charge in [0.15, 0.2) is 0 Å². The molecule has 2 rings (SSSR count). The van der Waals surface area contributed by atoms with E-state index in [2.05, 4.69) is 0 Å². The number of hydrogen-bond donors (Lipinski definition) is 1. The molecule has 112 valence electrons. The molecule has 0 saturated carbocycles. The number of urea groups is 1. The van der Waals surface area contributed by atoms with E-state index < -0.39 is 24.0 Å². The number of carbonyl (C=O) groups excluding carboxylic acids is 2. The number of carbonyl (C=O) groups is 3. The third-order valence-electron chi connectivity index (χ3n) is 3.84. The van der Waals surface area contributed by atoms with E-state index in [1.807, 2.05) is 0 Å². The Hall–Kier alpha value is -1.79. The number of ether oxygens (including phenoxy) is 1. The molecule has 2 aliphatic rings. The summed E-state index contributed by atoms with van der Waals surface area (Å²) in [6.07, 6.45) is 2.47. The Labute approximate surface area is 117 Å². The highest BCUT2D eigenvalue weighted by molar-refractivity contribution is 5.87. The fourth-order valence-electron chi connectivity index (χ4n) is 2.90. The zero-order valence-corrected chi connectivity index (χ0v) is 11.6. The van der Waals surface area contributed by atoms with Crippen molar-refractivity contribution in [1.82, 2.24) is 9.80 Å². The van der Waals surface area contributed by atoms with Gasteiger partial charge in [-0.2, -0.15) is 0 Å². The molecule has 2 saturated heterocycles. The molecule has 2 heterocycles. The van der Waals surface area contributed by atoms with E-state index >= 15 is 0 Å². The van der Waals surface area contributed by atoms with Crippen LogP contribution in [0.4, 0.5) is 4.79 Å². The number of nitrogens with zero attached hydrogens (tertiary/aromatic N) is 2. The Morgan fingerprint density at radius 1 is 1.10 bits per heavy atom. The molecule has 0 aromatic rings. The molecule has 20 heavy (non-hydrogen) atoms. The molecular formula is C13H20N2O5. The van der Waals surface area contributed by atoms with Crippen LogP contribution in [0.2, 0.25) is 0 Å². The van der Waals surface area contributed by atoms with Gasteiger partial charge in [0.05, 0.1) is 6.61 Å². The number of carboxylic acids is 1. The molecule has 0 spiro atoms. The van der Waals surface area contributed by atoms with E-state index in [0.29, 0.717) is 32.4 Å². The Morgan fingerprint density at radius 2 is 1.65 bits per heavy atom. The van der Waals surface area contributed by atoms with E-state index in [4.69, 9.17) is 9.84 Å². The highest BCUT2D eigenvalue weighted by Gasteiger charge is 2.42. The summed E-state index contributed by atoms with van der Waals surface area (Å²) in [7, 11) is 0. The predicted octanol–water partition coefficient (Wildman–Crippen LogP) is 0.683. The molecule has 2 atom stereocenters. The summed E-state index contributed by atoms with van der Waals surface area (Å²) in [5, 5.41) is 9.13. The summed E-state index contributed by atoms with van der Waals surface area (Å²) >= 11 is 0. The van der Waals surface area contributed by atoms with Gasteiger partial charge in [-0.3, -0.25) is 0 Å². The number of esters is 1. The molecule has 2 amide bonds. The topological polar surface area (TPSA) is 87.2 Å². The van der Waals surface area contributed by atoms with Crippen LogP contribution in [0.1, 0.15) is 32.6 Å². The average molecular weight is 284 g/mol. The average Bonchev–Trinajstić information content (AvgIpc) is 3.07. The van der Waals surface area contributed by atoms with Crippen LogP contribution in [0.15, 0.2) is 0 Å². The number of likely N-dealkylation sites (tertiary alicyclic amines) is 2. The molecule has 0 aliphatic carbocycles. The SMILES string of the molecule is CCOC(=O)C1CCCN1C(=O)N1CCC[C@@H]1C(=O)O. The largest absolute Gasteiger partial charge is 0.480 e. The minimum atomic E-state index is -0.984. The lowest BCUT2D eigenvalue weighted by atomic mass is 10.2. The van der Waals surface area contributed by atoms with Gasteiger partial charge in [0, 0.05) is 13.1 Å². The van der Waals surface area contributed by atoms with E-state index in [0.717, 1.165) is 6.42 Å². The van der Waals surface area contributed by atoms with Crippen LogP contribution in [0.3, 0.4) is 0 Å². The highest BCUT2D eigenvalue weighted by Crippen LogP contribution is 2.25. The van der Waals surface area contributed by atoms with Crippen molar-refractivity contribution in [3.63, 3.8) is 0 Å². The number of aliphatic carboxylic acids is 1. The minimum absolute atomic E-state index is 0.277. The van der Waals surface area contributed by atoms with E-state index in [9.17, 15) is 14.4 Å². The van der Waals surface area contributed by atoms with Gasteiger partial charge in [-0.25, -0.2) is 14.4 Å². The normalized spacial score (nSPS) is 25.9. The first kappa shape index (κ1) is 14.6. The van der Waals surface area contributed by atoms with Gasteiger partial charge in [0.1, 0.15) is 12.1 Å². The zero-order valence-electron chi connectivity index (χ0n) is 11.6. The third-order valence-corrected chi connectivity index (χ3v) is 3.84. The predicted molar refractivity (Wildman–Crippen MR) is 69.1 cm³/mol. The molecule has 0 aromatic heterocycles. The third kappa shape index (κ3) is 2.71. The number of hydrogen-bond acceptors (Lipinski definition) is 4. The van der Waals surface area contributed by atoms with Crippen molar-refractivity contribution in [2.24, 2.45) is 0 Å². The van der Waals surface area contributed by atoms with Crippen molar-refractivity contribution in [3.8, 4) is 0 Å². The van der Waals surface area contributed by atoms with Gasteiger partial charge in [-0.1, -0.05) is 0 Å². The first-order valence-electron chi connectivity index (χ1n) is 7.03. The molecule has 1 unspecified atom stereocenters. The van der Waals surface area contributed by atoms with Gasteiger partial charge in [-0.05, 0) is 32.6 Å². The van der Waals surface area contributed by atoms with Crippen molar-refractivity contribution in [3.05, 3.63) is 0 Å². The smallest absolute Gasteiger partial charge is 0.328 e. The number of amides is 2. The molecule has 1 N–H and O–H groups in total. The van der Waals surface area contributed by atoms with Crippen molar-refractivity contribution < 1.29 is 24.2 Å². The Balaban J connectivity index is 2.07. The highest BCUT2D eigenvalue weighted by atomic mass is 16.5. The van der Waals surface area contributed by atoms with Gasteiger partial charge < -0.3 is 19.6 Å². The standard InChI is InChI=1S/C13H20N2O5/c1-2-20-12(18)10-6-4-8-15(10)13(19)14-7-3-5-9(14)11(16)17/h9-10H,2-8H2,1H3,(H,16,17)/t9-,10?/m1/s1. The first-order chi connectivity index (χ1) is 9.56. The summed E-state index contributed by atoms with van der Waals surface area (Å²) in [6, 6.07) is -1.70. The lowest BCUT2D eigenvalue weighted by Crippen LogP contribution is -2.51. The van der Waals surface area contributed by atoms with Crippen LogP contribution in [-0.2, 0) is 14.3 Å². The monoisotopic (exact) mass is 284 g/mol. The maximum atomic E-state index is 12.5. The molecular weight excluding hydrogens is 264 g/mol. The lowest BCUT2D eigenvalue weighted by molar-refractivity contribution is -0.147. The number of carboxylic acid groups (broad SMARTS) is 1. The summed E-state index contributed by atoms with van der Waals surface area (Å²) in [4.78, 5) is 38.3. The van der Waals surface area contributed by atoms with Crippen LogP contribution < -0.4 is 0 Å². The van der Waals surface area contributed by atoms with Crippen molar-refractivity contribution in [2.75, 3.05) is 19.7 Å². The lowest BCUT2D eigenvalue weighted by Gasteiger charge is -2.30. The Kier molecular flexibility index (Phi) is 4.46. The molecule has 7 nitrogen and oxygen atoms in total. The summed E-state index contributed by atoms with van der Waals surface area (Å²) in [6.45, 7) is 2.91. The van der Waals surface area contributed by atoms with E-state index in [-0.39, 0.29) is 12.6 Å². The molecule has 2 aliphatic heterocycles. The number of rotatable bonds is 3. The van der Waals surface area contributed by atoms with Crippen LogP contribution in [-0.4, -0.2) is 64.7 Å². The van der Waals surface area contributed by atoms with Crippen LogP contribution in [0.5, 0.6) is 0 Å². The van der Waals surface area contributed by atoms with Crippen LogP contribution in [0, 0.1) is 0 Å². The van der Waals surface area contributed by atoms with Crippen molar-refractivity contribution in [1.29, 1.82) is 0 Å². The Bertz CT molecular complexity index is 412. The maximum absolute atomic E-state index is 12.5. The molecule has 0 bridgehead atoms. The van der Waals surface area contributed by atoms with Crippen molar-refractivity contribution in [2.45, 2.75) is 44.7 Å². The van der Waals surface area contributed by atoms with Gasteiger partial charge in [-0.15, -0.1) is 0 Å². The van der Waals surface area contributed by atoms with Crippen molar-refractivity contribution >= 4 is 18.0 Å². The Morgan fingerprint density at radius 3 is 2.20 bits per heavy atom. The first-order valence-corrected chi connectivity index (χ1v) is 7.03. The minimum Gasteiger partial charge on any atom is -0.480 e. The van der Waals surface area contributed by atoms with Gasteiger partial charge in [0.2, 0.25) is 0 Å². The fraction of sp³-hybridized carbons (Fsp3) is 0.769. The molecule has 0 radical (unpaired) electrons. The van der Waals surface area contributed by atoms with E-state index in [1.54, 1.807) is 6.92 Å². The molecule has 2 fully saturated rings. The second-order valence-electron chi connectivity index (χ2n) is 5.08. The van der Waals surface area contributed by atoms with Gasteiger partial charge >= 0.3 is 18.0 Å². The second kappa shape index (κ2) is 6.11. The second-order valence-corrected chi connectivity index (χ2v) is 5.08. The zero-order chi connectivity index (χ0) is 14.7.